The third kappa shape index (κ3) is 10.0. The summed E-state index contributed by atoms with van der Waals surface area (Å²) in [7, 11) is 0. The average Bonchev–Trinajstić information content (AvgIpc) is 2.80. The number of benzene rings is 1. The molecule has 0 fully saturated rings. The van der Waals surface area contributed by atoms with Crippen molar-refractivity contribution in [2.75, 3.05) is 0 Å². The highest BCUT2D eigenvalue weighted by molar-refractivity contribution is 5.45. The van der Waals surface area contributed by atoms with E-state index in [0.717, 1.165) is 0 Å². The molecule has 0 atom stereocenters. The first kappa shape index (κ1) is 36.5. The minimum atomic E-state index is 0.510. The summed E-state index contributed by atoms with van der Waals surface area (Å²) in [5, 5.41) is 0. The van der Waals surface area contributed by atoms with Crippen molar-refractivity contribution in [3.05, 3.63) is 63.0 Å². The molecule has 1 heterocycles. The van der Waals surface area contributed by atoms with Gasteiger partial charge >= 0.3 is 0 Å². The highest BCUT2D eigenvalue weighted by Crippen LogP contribution is 2.35. The van der Waals surface area contributed by atoms with Gasteiger partial charge in [-0.25, -0.2) is 0 Å². The molecule has 1 aromatic carbocycles. The Balaban J connectivity index is 0. The van der Waals surface area contributed by atoms with E-state index in [1.807, 2.05) is 33.9 Å². The van der Waals surface area contributed by atoms with Gasteiger partial charge in [0.2, 0.25) is 0 Å². The molecular weight excluding hydrogens is 434 g/mol. The van der Waals surface area contributed by atoms with E-state index in [1.165, 1.54) is 33.5 Å². The zero-order chi connectivity index (χ0) is 28.9. The maximum Gasteiger partial charge on any atom is 0.0466 e. The summed E-state index contributed by atoms with van der Waals surface area (Å²) in [6, 6.07) is 4.61. The Morgan fingerprint density at radius 1 is 0.444 bits per heavy atom. The number of aryl methyl sites for hydroxylation is 2. The Kier molecular flexibility index (Phi) is 18.0. The van der Waals surface area contributed by atoms with Crippen LogP contribution in [0.3, 0.4) is 0 Å². The fraction of sp³-hybridized carbons (Fsp3) is 0.686. The normalized spacial score (nSPS) is 10.9. The molecule has 0 N–H and O–H groups in total. The summed E-state index contributed by atoms with van der Waals surface area (Å²) in [5.74, 6) is 3.51. The van der Waals surface area contributed by atoms with E-state index >= 15 is 0 Å². The highest BCUT2D eigenvalue weighted by Gasteiger charge is 2.20. The number of aromatic nitrogens is 1. The summed E-state index contributed by atoms with van der Waals surface area (Å²) in [6.45, 7) is 39.8. The van der Waals surface area contributed by atoms with Gasteiger partial charge in [0.05, 0.1) is 0 Å². The zero-order valence-corrected chi connectivity index (χ0v) is 27.6. The fourth-order valence-corrected chi connectivity index (χ4v) is 5.17. The SMILES string of the molecule is CC.CC.Cc1ccc(C(C)C)c(C(C)C)c1C(C)C.Cc1cnc(C(C)C)c(C(C)C)c1C(C)C. The summed E-state index contributed by atoms with van der Waals surface area (Å²) < 4.78 is 0. The first-order valence-corrected chi connectivity index (χ1v) is 14.8. The lowest BCUT2D eigenvalue weighted by Gasteiger charge is -2.24. The average molecular weight is 498 g/mol. The van der Waals surface area contributed by atoms with Gasteiger partial charge in [-0.1, -0.05) is 123 Å². The predicted octanol–water partition coefficient (Wildman–Crippen LogP) is 12.2. The van der Waals surface area contributed by atoms with Crippen LogP contribution in [0.4, 0.5) is 0 Å². The Labute approximate surface area is 227 Å². The van der Waals surface area contributed by atoms with Gasteiger partial charge in [-0.15, -0.1) is 0 Å². The van der Waals surface area contributed by atoms with Gasteiger partial charge in [0.25, 0.3) is 0 Å². The lowest BCUT2D eigenvalue weighted by molar-refractivity contribution is 0.718. The molecule has 36 heavy (non-hydrogen) atoms. The maximum atomic E-state index is 4.64. The van der Waals surface area contributed by atoms with Gasteiger partial charge in [0.1, 0.15) is 0 Å². The van der Waals surface area contributed by atoms with Crippen molar-refractivity contribution in [3.8, 4) is 0 Å². The van der Waals surface area contributed by atoms with Crippen molar-refractivity contribution < 1.29 is 0 Å². The van der Waals surface area contributed by atoms with Crippen LogP contribution in [0, 0.1) is 13.8 Å². The van der Waals surface area contributed by atoms with Crippen LogP contribution in [0.5, 0.6) is 0 Å². The zero-order valence-electron chi connectivity index (χ0n) is 27.6. The van der Waals surface area contributed by atoms with E-state index in [0.29, 0.717) is 35.5 Å². The monoisotopic (exact) mass is 497 g/mol. The van der Waals surface area contributed by atoms with Gasteiger partial charge in [0, 0.05) is 11.9 Å². The van der Waals surface area contributed by atoms with E-state index in [2.05, 4.69) is 114 Å². The van der Waals surface area contributed by atoms with Crippen molar-refractivity contribution in [1.29, 1.82) is 0 Å². The Hall–Kier alpha value is -1.63. The molecule has 0 aliphatic heterocycles. The van der Waals surface area contributed by atoms with E-state index in [9.17, 15) is 0 Å². The van der Waals surface area contributed by atoms with Crippen LogP contribution < -0.4 is 0 Å². The molecule has 0 bridgehead atoms. The van der Waals surface area contributed by atoms with Crippen LogP contribution in [-0.4, -0.2) is 4.98 Å². The number of hydrogen-bond acceptors (Lipinski definition) is 1. The smallest absolute Gasteiger partial charge is 0.0466 e. The molecule has 1 nitrogen and oxygen atoms in total. The third-order valence-corrected chi connectivity index (χ3v) is 6.41. The second kappa shape index (κ2) is 17.8. The largest absolute Gasteiger partial charge is 0.260 e. The summed E-state index contributed by atoms with van der Waals surface area (Å²) in [6.07, 6.45) is 2.04. The second-order valence-corrected chi connectivity index (χ2v) is 11.4. The minimum absolute atomic E-state index is 0.510. The number of pyridine rings is 1. The lowest BCUT2D eigenvalue weighted by atomic mass is 9.81. The minimum Gasteiger partial charge on any atom is -0.260 e. The standard InChI is InChI=1S/C16H26.C15H25N.2C2H6/c1-10(2)14-9-8-13(7)15(11(3)4)16(14)12(5)6;1-9(2)13-12(7)8-16-15(11(5)6)14(13)10(3)4;2*1-2/h8-12H,1-7H3;8-11H,1-7H3;2*1-2H3. The topological polar surface area (TPSA) is 12.9 Å². The van der Waals surface area contributed by atoms with Crippen LogP contribution >= 0.6 is 0 Å². The van der Waals surface area contributed by atoms with Gasteiger partial charge in [-0.2, -0.15) is 0 Å². The van der Waals surface area contributed by atoms with E-state index in [-0.39, 0.29) is 0 Å². The Bertz CT molecular complexity index is 793. The number of nitrogens with zero attached hydrogens (tertiary/aromatic N) is 1. The van der Waals surface area contributed by atoms with Gasteiger partial charge in [0.15, 0.2) is 0 Å². The van der Waals surface area contributed by atoms with Crippen molar-refractivity contribution in [2.45, 2.75) is 160 Å². The molecule has 0 amide bonds. The van der Waals surface area contributed by atoms with Crippen LogP contribution in [-0.2, 0) is 0 Å². The fourth-order valence-electron chi connectivity index (χ4n) is 5.17. The van der Waals surface area contributed by atoms with Crippen LogP contribution in [0.1, 0.15) is 191 Å². The molecule has 0 aliphatic rings. The van der Waals surface area contributed by atoms with E-state index in [1.54, 1.807) is 11.1 Å². The Morgan fingerprint density at radius 3 is 1.17 bits per heavy atom. The van der Waals surface area contributed by atoms with Gasteiger partial charge < -0.3 is 0 Å². The maximum absolute atomic E-state index is 4.64. The highest BCUT2D eigenvalue weighted by atomic mass is 14.7. The second-order valence-electron chi connectivity index (χ2n) is 11.4. The molecule has 0 aliphatic carbocycles. The van der Waals surface area contributed by atoms with Gasteiger partial charge in [-0.3, -0.25) is 4.98 Å². The third-order valence-electron chi connectivity index (χ3n) is 6.41. The quantitative estimate of drug-likeness (QED) is 0.386. The number of hydrogen-bond donors (Lipinski definition) is 0. The van der Waals surface area contributed by atoms with Crippen molar-refractivity contribution in [2.24, 2.45) is 0 Å². The lowest BCUT2D eigenvalue weighted by Crippen LogP contribution is -2.09. The molecule has 0 spiro atoms. The molecule has 1 heteroatoms. The Morgan fingerprint density at radius 2 is 0.833 bits per heavy atom. The summed E-state index contributed by atoms with van der Waals surface area (Å²) in [5.41, 5.74) is 11.7. The number of rotatable bonds is 6. The molecule has 2 rings (SSSR count). The summed E-state index contributed by atoms with van der Waals surface area (Å²) >= 11 is 0. The molecule has 1 aromatic heterocycles. The molecular formula is C35H63N. The van der Waals surface area contributed by atoms with Crippen LogP contribution in [0.2, 0.25) is 0 Å². The first-order valence-electron chi connectivity index (χ1n) is 14.8. The van der Waals surface area contributed by atoms with Crippen LogP contribution in [0.25, 0.3) is 0 Å². The van der Waals surface area contributed by atoms with E-state index in [4.69, 9.17) is 0 Å². The van der Waals surface area contributed by atoms with Crippen molar-refractivity contribution in [3.63, 3.8) is 0 Å². The molecule has 0 saturated carbocycles. The molecule has 208 valence electrons. The summed E-state index contributed by atoms with van der Waals surface area (Å²) in [4.78, 5) is 4.64. The van der Waals surface area contributed by atoms with Crippen molar-refractivity contribution in [1.82, 2.24) is 4.98 Å². The molecule has 0 radical (unpaired) electrons. The molecule has 2 aromatic rings. The molecule has 0 saturated heterocycles. The molecule has 0 unspecified atom stereocenters. The van der Waals surface area contributed by atoms with E-state index < -0.39 is 0 Å². The van der Waals surface area contributed by atoms with Crippen LogP contribution in [0.15, 0.2) is 18.3 Å². The predicted molar refractivity (Wildman–Crippen MR) is 167 cm³/mol. The van der Waals surface area contributed by atoms with Crippen molar-refractivity contribution >= 4 is 0 Å². The van der Waals surface area contributed by atoms with Gasteiger partial charge in [-0.05, 0) is 88.3 Å². The first-order chi connectivity index (χ1) is 16.7.